The Kier molecular flexibility index (Phi) is 6.70. The smallest absolute Gasteiger partial charge is 0.387 e. The first kappa shape index (κ1) is 20.4. The van der Waals surface area contributed by atoms with E-state index in [4.69, 9.17) is 11.6 Å². The molecule has 8 heteroatoms. The number of nitrogens with zero attached hydrogens (tertiary/aromatic N) is 1. The molecule has 0 aliphatic rings. The van der Waals surface area contributed by atoms with Crippen LogP contribution in [-0.4, -0.2) is 10.6 Å². The summed E-state index contributed by atoms with van der Waals surface area (Å²) >= 11 is 7.37. The van der Waals surface area contributed by atoms with E-state index in [2.05, 4.69) is 17.0 Å². The SMILES string of the molecule is CCCCn1sc(-c2ccc(Cl)cc2)c(Nc2ccc(OC(F)F)cc2)c1=O. The number of unbranched alkanes of at least 4 members (excludes halogenated alkanes) is 1. The summed E-state index contributed by atoms with van der Waals surface area (Å²) in [5.41, 5.74) is 1.82. The van der Waals surface area contributed by atoms with Crippen molar-refractivity contribution in [1.82, 2.24) is 3.96 Å². The maximum atomic E-state index is 12.9. The molecular formula is C20H19ClF2N2O2S. The fourth-order valence-corrected chi connectivity index (χ4v) is 3.85. The highest BCUT2D eigenvalue weighted by atomic mass is 35.5. The van der Waals surface area contributed by atoms with Gasteiger partial charge in [0, 0.05) is 17.3 Å². The molecule has 0 saturated carbocycles. The molecule has 0 fully saturated rings. The van der Waals surface area contributed by atoms with Gasteiger partial charge in [-0.2, -0.15) is 8.78 Å². The van der Waals surface area contributed by atoms with E-state index in [0.29, 0.717) is 22.9 Å². The topological polar surface area (TPSA) is 43.3 Å². The number of ether oxygens (including phenoxy) is 1. The zero-order valence-corrected chi connectivity index (χ0v) is 16.7. The summed E-state index contributed by atoms with van der Waals surface area (Å²) in [5.74, 6) is 0.0594. The van der Waals surface area contributed by atoms with Gasteiger partial charge in [-0.25, -0.2) is 0 Å². The molecule has 0 atom stereocenters. The van der Waals surface area contributed by atoms with E-state index in [0.717, 1.165) is 23.3 Å². The fraction of sp³-hybridized carbons (Fsp3) is 0.250. The number of hydrogen-bond donors (Lipinski definition) is 1. The number of aromatic nitrogens is 1. The van der Waals surface area contributed by atoms with Crippen molar-refractivity contribution in [1.29, 1.82) is 0 Å². The predicted molar refractivity (Wildman–Crippen MR) is 110 cm³/mol. The normalized spacial score (nSPS) is 11.0. The molecule has 0 aliphatic heterocycles. The number of halogens is 3. The number of alkyl halides is 2. The van der Waals surface area contributed by atoms with Gasteiger partial charge in [-0.3, -0.25) is 8.75 Å². The summed E-state index contributed by atoms with van der Waals surface area (Å²) in [6, 6.07) is 13.3. The number of nitrogens with one attached hydrogen (secondary N) is 1. The molecule has 3 aromatic rings. The van der Waals surface area contributed by atoms with E-state index in [-0.39, 0.29) is 11.3 Å². The van der Waals surface area contributed by atoms with Crippen LogP contribution in [0, 0.1) is 0 Å². The average molecular weight is 425 g/mol. The third-order valence-electron chi connectivity index (χ3n) is 4.04. The van der Waals surface area contributed by atoms with Gasteiger partial charge < -0.3 is 10.1 Å². The summed E-state index contributed by atoms with van der Waals surface area (Å²) in [4.78, 5) is 13.7. The monoisotopic (exact) mass is 424 g/mol. The fourth-order valence-electron chi connectivity index (χ4n) is 2.64. The number of aryl methyl sites for hydroxylation is 1. The average Bonchev–Trinajstić information content (AvgIpc) is 2.98. The zero-order chi connectivity index (χ0) is 20.1. The van der Waals surface area contributed by atoms with Gasteiger partial charge in [0.1, 0.15) is 11.4 Å². The van der Waals surface area contributed by atoms with Crippen molar-refractivity contribution in [2.75, 3.05) is 5.32 Å². The maximum absolute atomic E-state index is 12.9. The third-order valence-corrected chi connectivity index (χ3v) is 5.48. The molecule has 0 spiro atoms. The van der Waals surface area contributed by atoms with Crippen LogP contribution >= 0.6 is 23.1 Å². The first-order valence-electron chi connectivity index (χ1n) is 8.80. The summed E-state index contributed by atoms with van der Waals surface area (Å²) in [7, 11) is 0. The molecule has 0 unspecified atom stereocenters. The molecule has 2 aromatic carbocycles. The van der Waals surface area contributed by atoms with Crippen molar-refractivity contribution in [2.24, 2.45) is 0 Å². The summed E-state index contributed by atoms with van der Waals surface area (Å²) in [6.07, 6.45) is 1.88. The summed E-state index contributed by atoms with van der Waals surface area (Å²) in [5, 5.41) is 3.75. The van der Waals surface area contributed by atoms with Crippen LogP contribution in [0.3, 0.4) is 0 Å². The van der Waals surface area contributed by atoms with E-state index in [1.165, 1.54) is 23.7 Å². The minimum Gasteiger partial charge on any atom is -0.435 e. The molecule has 148 valence electrons. The van der Waals surface area contributed by atoms with E-state index < -0.39 is 6.61 Å². The van der Waals surface area contributed by atoms with Crippen molar-refractivity contribution in [3.05, 3.63) is 63.9 Å². The predicted octanol–water partition coefficient (Wildman–Crippen LogP) is 6.38. The van der Waals surface area contributed by atoms with Crippen LogP contribution in [0.15, 0.2) is 53.3 Å². The van der Waals surface area contributed by atoms with E-state index in [1.807, 2.05) is 12.1 Å². The second-order valence-electron chi connectivity index (χ2n) is 6.09. The Labute approximate surface area is 170 Å². The lowest BCUT2D eigenvalue weighted by Gasteiger charge is -2.08. The molecule has 28 heavy (non-hydrogen) atoms. The van der Waals surface area contributed by atoms with Crippen molar-refractivity contribution in [3.8, 4) is 16.2 Å². The molecule has 3 rings (SSSR count). The molecule has 0 bridgehead atoms. The lowest BCUT2D eigenvalue weighted by Crippen LogP contribution is -2.16. The Morgan fingerprint density at radius 3 is 2.43 bits per heavy atom. The van der Waals surface area contributed by atoms with Crippen molar-refractivity contribution < 1.29 is 13.5 Å². The van der Waals surface area contributed by atoms with Gasteiger partial charge in [0.2, 0.25) is 0 Å². The highest BCUT2D eigenvalue weighted by Gasteiger charge is 2.17. The van der Waals surface area contributed by atoms with Crippen LogP contribution in [0.5, 0.6) is 5.75 Å². The van der Waals surface area contributed by atoms with Gasteiger partial charge in [-0.15, -0.1) is 0 Å². The molecule has 0 saturated heterocycles. The second kappa shape index (κ2) is 9.21. The van der Waals surface area contributed by atoms with Gasteiger partial charge in [0.15, 0.2) is 0 Å². The Bertz CT molecular complexity index is 969. The van der Waals surface area contributed by atoms with Crippen LogP contribution in [-0.2, 0) is 6.54 Å². The van der Waals surface area contributed by atoms with Gasteiger partial charge in [0.05, 0.1) is 4.88 Å². The first-order chi connectivity index (χ1) is 13.5. The lowest BCUT2D eigenvalue weighted by molar-refractivity contribution is -0.0498. The third kappa shape index (κ3) is 4.91. The van der Waals surface area contributed by atoms with E-state index in [9.17, 15) is 13.6 Å². The quantitative estimate of drug-likeness (QED) is 0.456. The standard InChI is InChI=1S/C20H19ClF2N2O2S/c1-2-3-12-25-19(26)17(18(28-25)13-4-6-14(21)7-5-13)24-15-8-10-16(11-9-15)27-20(22)23/h4-11,20,24H,2-3,12H2,1H3. The molecule has 1 heterocycles. The number of anilines is 2. The Balaban J connectivity index is 1.94. The molecule has 1 N–H and O–H groups in total. The number of hydrogen-bond acceptors (Lipinski definition) is 4. The Hall–Kier alpha value is -2.38. The van der Waals surface area contributed by atoms with Crippen LogP contribution in [0.2, 0.25) is 5.02 Å². The number of rotatable bonds is 8. The van der Waals surface area contributed by atoms with Gasteiger partial charge >= 0.3 is 6.61 Å². The maximum Gasteiger partial charge on any atom is 0.387 e. The zero-order valence-electron chi connectivity index (χ0n) is 15.1. The van der Waals surface area contributed by atoms with Crippen LogP contribution in [0.1, 0.15) is 19.8 Å². The van der Waals surface area contributed by atoms with Crippen LogP contribution < -0.4 is 15.6 Å². The largest absolute Gasteiger partial charge is 0.435 e. The minimum absolute atomic E-state index is 0.0594. The van der Waals surface area contributed by atoms with Gasteiger partial charge in [-0.1, -0.05) is 48.6 Å². The van der Waals surface area contributed by atoms with Crippen molar-refractivity contribution in [3.63, 3.8) is 0 Å². The molecule has 0 amide bonds. The van der Waals surface area contributed by atoms with Gasteiger partial charge in [0.25, 0.3) is 5.56 Å². The highest BCUT2D eigenvalue weighted by molar-refractivity contribution is 7.10. The van der Waals surface area contributed by atoms with Crippen LogP contribution in [0.25, 0.3) is 10.4 Å². The number of benzene rings is 2. The minimum atomic E-state index is -2.88. The van der Waals surface area contributed by atoms with E-state index in [1.54, 1.807) is 28.2 Å². The molecular weight excluding hydrogens is 406 g/mol. The Morgan fingerprint density at radius 2 is 1.82 bits per heavy atom. The molecule has 4 nitrogen and oxygen atoms in total. The highest BCUT2D eigenvalue weighted by Crippen LogP contribution is 2.33. The van der Waals surface area contributed by atoms with Crippen LogP contribution in [0.4, 0.5) is 20.2 Å². The lowest BCUT2D eigenvalue weighted by atomic mass is 10.1. The van der Waals surface area contributed by atoms with E-state index >= 15 is 0 Å². The van der Waals surface area contributed by atoms with Gasteiger partial charge in [-0.05, 0) is 48.4 Å². The summed E-state index contributed by atoms with van der Waals surface area (Å²) in [6.45, 7) is -0.164. The second-order valence-corrected chi connectivity index (χ2v) is 7.56. The van der Waals surface area contributed by atoms with Crippen molar-refractivity contribution >= 4 is 34.5 Å². The Morgan fingerprint density at radius 1 is 1.14 bits per heavy atom. The molecule has 0 aliphatic carbocycles. The summed E-state index contributed by atoms with van der Waals surface area (Å²) < 4.78 is 30.7. The first-order valence-corrected chi connectivity index (χ1v) is 9.95. The molecule has 1 aromatic heterocycles. The van der Waals surface area contributed by atoms with Crippen molar-refractivity contribution in [2.45, 2.75) is 32.9 Å². The molecule has 0 radical (unpaired) electrons.